The number of carboxylic acid groups (broad SMARTS) is 2. The lowest BCUT2D eigenvalue weighted by Crippen LogP contribution is -2.62. The van der Waals surface area contributed by atoms with E-state index in [1.807, 2.05) is 0 Å². The normalized spacial score (nSPS) is 14.2. The van der Waals surface area contributed by atoms with Crippen molar-refractivity contribution in [1.82, 2.24) is 0 Å². The molecule has 0 saturated carbocycles. The number of carbonyl (C=O) groups is 2. The zero-order valence-corrected chi connectivity index (χ0v) is 13.7. The van der Waals surface area contributed by atoms with Crippen molar-refractivity contribution in [3.05, 3.63) is 35.9 Å². The van der Waals surface area contributed by atoms with E-state index in [0.717, 1.165) is 0 Å². The van der Waals surface area contributed by atoms with E-state index in [9.17, 15) is 33.0 Å². The summed E-state index contributed by atoms with van der Waals surface area (Å²) in [5, 5.41) is 19.4. The van der Waals surface area contributed by atoms with Crippen LogP contribution in [0.4, 0.5) is 13.2 Å². The average Bonchev–Trinajstić information content (AvgIpc) is 2.51. The fourth-order valence-corrected chi connectivity index (χ4v) is 3.73. The lowest BCUT2D eigenvalue weighted by Gasteiger charge is -2.48. The highest BCUT2D eigenvalue weighted by Crippen LogP contribution is 2.56. The van der Waals surface area contributed by atoms with Crippen LogP contribution in [0.5, 0.6) is 0 Å². The highest BCUT2D eigenvalue weighted by Gasteiger charge is 2.70. The van der Waals surface area contributed by atoms with Crippen LogP contribution in [0.25, 0.3) is 0 Å². The van der Waals surface area contributed by atoms with Gasteiger partial charge in [-0.3, -0.25) is 9.59 Å². The van der Waals surface area contributed by atoms with E-state index in [1.165, 1.54) is 26.0 Å². The van der Waals surface area contributed by atoms with Crippen molar-refractivity contribution < 1.29 is 33.0 Å². The minimum absolute atomic E-state index is 0.0630. The van der Waals surface area contributed by atoms with Gasteiger partial charge in [0.05, 0.1) is 5.92 Å². The van der Waals surface area contributed by atoms with Gasteiger partial charge in [0.15, 0.2) is 5.41 Å². The Hall–Kier alpha value is -2.05. The van der Waals surface area contributed by atoms with Crippen LogP contribution in [0.1, 0.15) is 39.2 Å². The molecule has 0 saturated heterocycles. The zero-order chi connectivity index (χ0) is 18.8. The molecule has 1 atom stereocenters. The molecule has 0 aromatic heterocycles. The first-order valence-electron chi connectivity index (χ1n) is 7.61. The molecule has 2 N–H and O–H groups in total. The molecule has 1 rings (SSSR count). The van der Waals surface area contributed by atoms with Gasteiger partial charge in [0.25, 0.3) is 0 Å². The van der Waals surface area contributed by atoms with Gasteiger partial charge < -0.3 is 10.2 Å². The second kappa shape index (κ2) is 6.83. The van der Waals surface area contributed by atoms with E-state index >= 15 is 0 Å². The fraction of sp³-hybridized carbons (Fsp3) is 0.529. The number of carboxylic acids is 2. The summed E-state index contributed by atoms with van der Waals surface area (Å²) in [6.45, 7) is 3.66. The molecule has 7 heteroatoms. The predicted molar refractivity (Wildman–Crippen MR) is 81.6 cm³/mol. The Bertz CT molecular complexity index is 578. The molecular formula is C17H21F3O4. The van der Waals surface area contributed by atoms with Crippen LogP contribution in [0, 0.1) is 11.3 Å². The number of rotatable bonds is 7. The Morgan fingerprint density at radius 3 is 1.71 bits per heavy atom. The SMILES string of the molecule is CCC(CC)(c1ccccc1)C(C(=O)O)(C(=O)O)C(C)C(F)(F)F. The average molecular weight is 346 g/mol. The Balaban J connectivity index is 3.91. The second-order valence-electron chi connectivity index (χ2n) is 5.84. The molecule has 0 amide bonds. The summed E-state index contributed by atoms with van der Waals surface area (Å²) < 4.78 is 40.4. The van der Waals surface area contributed by atoms with Gasteiger partial charge in [-0.25, -0.2) is 0 Å². The molecule has 0 aliphatic carbocycles. The number of hydrogen-bond acceptors (Lipinski definition) is 2. The van der Waals surface area contributed by atoms with E-state index in [4.69, 9.17) is 0 Å². The minimum atomic E-state index is -4.97. The van der Waals surface area contributed by atoms with Crippen molar-refractivity contribution in [2.24, 2.45) is 11.3 Å². The summed E-state index contributed by atoms with van der Waals surface area (Å²) in [6, 6.07) is 7.72. The molecule has 0 spiro atoms. The lowest BCUT2D eigenvalue weighted by molar-refractivity contribution is -0.228. The van der Waals surface area contributed by atoms with Crippen molar-refractivity contribution >= 4 is 11.9 Å². The van der Waals surface area contributed by atoms with Gasteiger partial charge in [-0.15, -0.1) is 0 Å². The number of hydrogen-bond donors (Lipinski definition) is 2. The molecular weight excluding hydrogens is 325 g/mol. The zero-order valence-electron chi connectivity index (χ0n) is 13.7. The van der Waals surface area contributed by atoms with Crippen LogP contribution >= 0.6 is 0 Å². The van der Waals surface area contributed by atoms with Gasteiger partial charge in [0, 0.05) is 5.41 Å². The fourth-order valence-electron chi connectivity index (χ4n) is 3.73. The third kappa shape index (κ3) is 2.76. The molecule has 134 valence electrons. The van der Waals surface area contributed by atoms with Crippen molar-refractivity contribution in [3.8, 4) is 0 Å². The van der Waals surface area contributed by atoms with Crippen LogP contribution in [0.3, 0.4) is 0 Å². The number of benzene rings is 1. The van der Waals surface area contributed by atoms with Crippen LogP contribution in [0.15, 0.2) is 30.3 Å². The quantitative estimate of drug-likeness (QED) is 0.729. The van der Waals surface area contributed by atoms with Crippen molar-refractivity contribution in [2.75, 3.05) is 0 Å². The third-order valence-electron chi connectivity index (χ3n) is 5.10. The molecule has 4 nitrogen and oxygen atoms in total. The molecule has 0 aliphatic rings. The molecule has 24 heavy (non-hydrogen) atoms. The number of aliphatic carboxylic acids is 2. The van der Waals surface area contributed by atoms with Crippen LogP contribution in [0.2, 0.25) is 0 Å². The van der Waals surface area contributed by atoms with E-state index in [1.54, 1.807) is 18.2 Å². The molecule has 1 aromatic carbocycles. The van der Waals surface area contributed by atoms with Gasteiger partial charge in [0.1, 0.15) is 0 Å². The van der Waals surface area contributed by atoms with Crippen molar-refractivity contribution in [3.63, 3.8) is 0 Å². The molecule has 0 fully saturated rings. The summed E-state index contributed by atoms with van der Waals surface area (Å²) in [7, 11) is 0. The third-order valence-corrected chi connectivity index (χ3v) is 5.10. The maximum atomic E-state index is 13.5. The maximum absolute atomic E-state index is 13.5. The molecule has 0 heterocycles. The molecule has 0 bridgehead atoms. The first kappa shape index (κ1) is 20.0. The Labute approximate surface area is 138 Å². The second-order valence-corrected chi connectivity index (χ2v) is 5.84. The van der Waals surface area contributed by atoms with Gasteiger partial charge in [-0.2, -0.15) is 13.2 Å². The monoisotopic (exact) mass is 346 g/mol. The first-order chi connectivity index (χ1) is 11.0. The summed E-state index contributed by atoms with van der Waals surface area (Å²) in [5.41, 5.74) is -4.47. The van der Waals surface area contributed by atoms with Crippen LogP contribution in [-0.4, -0.2) is 28.3 Å². The predicted octanol–water partition coefficient (Wildman–Crippen LogP) is 4.10. The van der Waals surface area contributed by atoms with E-state index in [0.29, 0.717) is 6.92 Å². The molecule has 1 unspecified atom stereocenters. The summed E-state index contributed by atoms with van der Waals surface area (Å²) >= 11 is 0. The lowest BCUT2D eigenvalue weighted by atomic mass is 9.52. The summed E-state index contributed by atoms with van der Waals surface area (Å²) in [6.07, 6.45) is -5.10. The standard InChI is InChI=1S/C17H21F3O4/c1-4-15(5-2,12-9-7-6-8-10-12)16(13(21)22,14(23)24)11(3)17(18,19)20/h6-11H,4-5H2,1-3H3,(H,21,22)(H,23,24). The molecule has 1 aromatic rings. The van der Waals surface area contributed by atoms with Gasteiger partial charge in [-0.1, -0.05) is 51.1 Å². The molecule has 0 radical (unpaired) electrons. The van der Waals surface area contributed by atoms with Gasteiger partial charge in [-0.05, 0) is 18.4 Å². The van der Waals surface area contributed by atoms with Gasteiger partial charge in [0.2, 0.25) is 0 Å². The Kier molecular flexibility index (Phi) is 5.69. The smallest absolute Gasteiger partial charge is 0.393 e. The first-order valence-corrected chi connectivity index (χ1v) is 7.61. The highest BCUT2D eigenvalue weighted by atomic mass is 19.4. The highest BCUT2D eigenvalue weighted by molar-refractivity contribution is 6.01. The minimum Gasteiger partial charge on any atom is -0.480 e. The van der Waals surface area contributed by atoms with Crippen LogP contribution in [-0.2, 0) is 15.0 Å². The Morgan fingerprint density at radius 1 is 1.00 bits per heavy atom. The van der Waals surface area contributed by atoms with E-state index in [2.05, 4.69) is 0 Å². The van der Waals surface area contributed by atoms with E-state index < -0.39 is 34.9 Å². The largest absolute Gasteiger partial charge is 0.480 e. The topological polar surface area (TPSA) is 74.6 Å². The Morgan fingerprint density at radius 2 is 1.42 bits per heavy atom. The molecule has 0 aliphatic heterocycles. The van der Waals surface area contributed by atoms with Crippen molar-refractivity contribution in [1.29, 1.82) is 0 Å². The van der Waals surface area contributed by atoms with Crippen molar-refractivity contribution in [2.45, 2.75) is 45.2 Å². The van der Waals surface area contributed by atoms with E-state index in [-0.39, 0.29) is 18.4 Å². The number of alkyl halides is 3. The van der Waals surface area contributed by atoms with Gasteiger partial charge >= 0.3 is 18.1 Å². The maximum Gasteiger partial charge on any atom is 0.393 e. The summed E-state index contributed by atoms with van der Waals surface area (Å²) in [4.78, 5) is 24.0. The summed E-state index contributed by atoms with van der Waals surface area (Å²) in [5.74, 6) is -6.53. The van der Waals surface area contributed by atoms with Crippen LogP contribution < -0.4 is 0 Å². The number of halogens is 3.